The van der Waals surface area contributed by atoms with Crippen molar-refractivity contribution in [2.45, 2.75) is 6.92 Å². The first-order valence-electron chi connectivity index (χ1n) is 5.03. The number of aromatic nitrogens is 1. The summed E-state index contributed by atoms with van der Waals surface area (Å²) in [7, 11) is 0. The number of rotatable bonds is 6. The third-order valence-electron chi connectivity index (χ3n) is 1.91. The van der Waals surface area contributed by atoms with Crippen molar-refractivity contribution in [2.75, 3.05) is 19.8 Å². The van der Waals surface area contributed by atoms with Crippen LogP contribution in [0, 0.1) is 0 Å². The van der Waals surface area contributed by atoms with Crippen molar-refractivity contribution in [3.8, 4) is 5.88 Å². The van der Waals surface area contributed by atoms with Crippen LogP contribution < -0.4 is 10.5 Å². The zero-order chi connectivity index (χ0) is 12.7. The maximum absolute atomic E-state index is 8.57. The van der Waals surface area contributed by atoms with Crippen LogP contribution in [0.4, 0.5) is 0 Å². The van der Waals surface area contributed by atoms with Crippen molar-refractivity contribution in [3.63, 3.8) is 0 Å². The second-order valence-corrected chi connectivity index (χ2v) is 3.39. The quantitative estimate of drug-likeness (QED) is 0.264. The number of hydrogen-bond donors (Lipinski definition) is 2. The molecule has 0 unspecified atom stereocenters. The van der Waals surface area contributed by atoms with E-state index in [1.54, 1.807) is 0 Å². The number of hydrogen-bond acceptors (Lipinski definition) is 5. The normalized spacial score (nSPS) is 11.5. The van der Waals surface area contributed by atoms with Gasteiger partial charge < -0.3 is 20.4 Å². The van der Waals surface area contributed by atoms with Crippen LogP contribution in [0.15, 0.2) is 17.4 Å². The second-order valence-electron chi connectivity index (χ2n) is 3.01. The van der Waals surface area contributed by atoms with Gasteiger partial charge in [-0.3, -0.25) is 0 Å². The average Bonchev–Trinajstić information content (AvgIpc) is 2.35. The second kappa shape index (κ2) is 6.93. The van der Waals surface area contributed by atoms with Crippen LogP contribution in [-0.4, -0.2) is 35.8 Å². The van der Waals surface area contributed by atoms with Gasteiger partial charge in [-0.2, -0.15) is 0 Å². The Kier molecular flexibility index (Phi) is 5.51. The van der Waals surface area contributed by atoms with Gasteiger partial charge >= 0.3 is 0 Å². The molecule has 0 aliphatic carbocycles. The van der Waals surface area contributed by atoms with Gasteiger partial charge in [0.1, 0.15) is 11.6 Å². The first-order valence-corrected chi connectivity index (χ1v) is 5.41. The molecule has 3 N–H and O–H groups in total. The van der Waals surface area contributed by atoms with E-state index in [0.29, 0.717) is 25.4 Å². The minimum absolute atomic E-state index is 0.0907. The monoisotopic (exact) mass is 259 g/mol. The fourth-order valence-corrected chi connectivity index (χ4v) is 1.38. The largest absolute Gasteiger partial charge is 0.474 e. The molecule has 0 aliphatic heterocycles. The van der Waals surface area contributed by atoms with Crippen LogP contribution in [0.2, 0.25) is 5.02 Å². The molecule has 1 aromatic heterocycles. The summed E-state index contributed by atoms with van der Waals surface area (Å²) in [6.45, 7) is 3.29. The molecule has 94 valence electrons. The maximum Gasteiger partial charge on any atom is 0.233 e. The fourth-order valence-electron chi connectivity index (χ4n) is 1.12. The summed E-state index contributed by atoms with van der Waals surface area (Å²) in [5, 5.41) is 11.7. The molecule has 1 rings (SSSR count). The molecule has 0 spiro atoms. The minimum Gasteiger partial charge on any atom is -0.474 e. The lowest BCUT2D eigenvalue weighted by Crippen LogP contribution is -2.15. The maximum atomic E-state index is 8.57. The molecule has 1 heterocycles. The van der Waals surface area contributed by atoms with E-state index < -0.39 is 0 Å². The molecule has 7 heteroatoms. The molecule has 6 nitrogen and oxygen atoms in total. The Hall–Kier alpha value is -1.53. The molecule has 0 fully saturated rings. The summed E-state index contributed by atoms with van der Waals surface area (Å²) < 4.78 is 10.4. The Labute approximate surface area is 104 Å². The van der Waals surface area contributed by atoms with Crippen molar-refractivity contribution in [1.29, 1.82) is 0 Å². The van der Waals surface area contributed by atoms with Crippen molar-refractivity contribution < 1.29 is 14.7 Å². The summed E-state index contributed by atoms with van der Waals surface area (Å²) in [4.78, 5) is 3.95. The topological polar surface area (TPSA) is 90.0 Å². The van der Waals surface area contributed by atoms with E-state index in [0.717, 1.165) is 0 Å². The third kappa shape index (κ3) is 3.76. The van der Waals surface area contributed by atoms with Gasteiger partial charge in [-0.25, -0.2) is 4.98 Å². The predicted octanol–water partition coefficient (Wildman–Crippen LogP) is 1.24. The molecular formula is C10H14ClN3O3. The van der Waals surface area contributed by atoms with Gasteiger partial charge in [0.15, 0.2) is 5.84 Å². The molecule has 0 atom stereocenters. The molecular weight excluding hydrogens is 246 g/mol. The Morgan fingerprint density at radius 2 is 2.35 bits per heavy atom. The van der Waals surface area contributed by atoms with Crippen molar-refractivity contribution >= 4 is 17.4 Å². The molecule has 0 radical (unpaired) electrons. The SMILES string of the molecule is CCOCCOc1nccc(/C(N)=N/O)c1Cl. The molecule has 17 heavy (non-hydrogen) atoms. The number of amidine groups is 1. The van der Waals surface area contributed by atoms with Crippen LogP contribution in [0.25, 0.3) is 0 Å². The number of nitrogens with zero attached hydrogens (tertiary/aromatic N) is 2. The Bertz CT molecular complexity index is 398. The zero-order valence-electron chi connectivity index (χ0n) is 9.39. The zero-order valence-corrected chi connectivity index (χ0v) is 10.1. The van der Waals surface area contributed by atoms with E-state index in [2.05, 4.69) is 10.1 Å². The molecule has 0 aliphatic rings. The van der Waals surface area contributed by atoms with Crippen LogP contribution >= 0.6 is 11.6 Å². The molecule has 0 aromatic carbocycles. The lowest BCUT2D eigenvalue weighted by molar-refractivity contribution is 0.108. The van der Waals surface area contributed by atoms with Gasteiger partial charge in [0, 0.05) is 18.4 Å². The van der Waals surface area contributed by atoms with Crippen molar-refractivity contribution in [2.24, 2.45) is 10.9 Å². The highest BCUT2D eigenvalue weighted by Crippen LogP contribution is 2.25. The Morgan fingerprint density at radius 3 is 3.00 bits per heavy atom. The number of ether oxygens (including phenoxy) is 2. The van der Waals surface area contributed by atoms with E-state index in [1.807, 2.05) is 6.92 Å². The van der Waals surface area contributed by atoms with Crippen molar-refractivity contribution in [3.05, 3.63) is 22.8 Å². The van der Waals surface area contributed by atoms with Crippen molar-refractivity contribution in [1.82, 2.24) is 4.98 Å². The van der Waals surface area contributed by atoms with E-state index in [4.69, 9.17) is 32.0 Å². The lowest BCUT2D eigenvalue weighted by atomic mass is 10.2. The highest BCUT2D eigenvalue weighted by molar-refractivity contribution is 6.35. The van der Waals surface area contributed by atoms with Gasteiger partial charge in [0.05, 0.1) is 6.61 Å². The highest BCUT2D eigenvalue weighted by Gasteiger charge is 2.11. The van der Waals surface area contributed by atoms with Gasteiger partial charge in [-0.15, -0.1) is 0 Å². The number of nitrogens with two attached hydrogens (primary N) is 1. The summed E-state index contributed by atoms with van der Waals surface area (Å²) in [6, 6.07) is 1.53. The third-order valence-corrected chi connectivity index (χ3v) is 2.28. The van der Waals surface area contributed by atoms with Crippen LogP contribution in [0.5, 0.6) is 5.88 Å². The van der Waals surface area contributed by atoms with Gasteiger partial charge in [0.25, 0.3) is 0 Å². The number of pyridine rings is 1. The summed E-state index contributed by atoms with van der Waals surface area (Å²) in [5.41, 5.74) is 5.82. The number of oxime groups is 1. The molecule has 0 amide bonds. The van der Waals surface area contributed by atoms with E-state index in [1.165, 1.54) is 12.3 Å². The first kappa shape index (κ1) is 13.5. The smallest absolute Gasteiger partial charge is 0.233 e. The Balaban J connectivity index is 2.73. The predicted molar refractivity (Wildman–Crippen MR) is 63.7 cm³/mol. The summed E-state index contributed by atoms with van der Waals surface area (Å²) >= 11 is 5.99. The van der Waals surface area contributed by atoms with Gasteiger partial charge in [-0.1, -0.05) is 16.8 Å². The molecule has 0 bridgehead atoms. The first-order chi connectivity index (χ1) is 8.20. The fraction of sp³-hybridized carbons (Fsp3) is 0.400. The average molecular weight is 260 g/mol. The standard InChI is InChI=1S/C10H14ClN3O3/c1-2-16-5-6-17-10-8(11)7(3-4-13-10)9(12)14-15/h3-4,15H,2,5-6H2,1H3,(H2,12,14). The minimum atomic E-state index is -0.0907. The summed E-state index contributed by atoms with van der Waals surface area (Å²) in [6.07, 6.45) is 1.47. The molecule has 0 saturated carbocycles. The van der Waals surface area contributed by atoms with Crippen LogP contribution in [-0.2, 0) is 4.74 Å². The highest BCUT2D eigenvalue weighted by atomic mass is 35.5. The summed E-state index contributed by atoms with van der Waals surface area (Å²) in [5.74, 6) is 0.141. The van der Waals surface area contributed by atoms with Crippen LogP contribution in [0.3, 0.4) is 0 Å². The van der Waals surface area contributed by atoms with Crippen LogP contribution in [0.1, 0.15) is 12.5 Å². The Morgan fingerprint density at radius 1 is 1.59 bits per heavy atom. The van der Waals surface area contributed by atoms with E-state index in [9.17, 15) is 0 Å². The molecule has 1 aromatic rings. The van der Waals surface area contributed by atoms with E-state index >= 15 is 0 Å². The molecule has 0 saturated heterocycles. The number of halogens is 1. The van der Waals surface area contributed by atoms with Gasteiger partial charge in [0.2, 0.25) is 5.88 Å². The van der Waals surface area contributed by atoms with Gasteiger partial charge in [-0.05, 0) is 13.0 Å². The lowest BCUT2D eigenvalue weighted by Gasteiger charge is -2.09. The van der Waals surface area contributed by atoms with E-state index in [-0.39, 0.29) is 16.7 Å².